The van der Waals surface area contributed by atoms with Crippen LogP contribution in [0.4, 0.5) is 13.2 Å². The lowest BCUT2D eigenvalue weighted by Crippen LogP contribution is -2.50. The zero-order chi connectivity index (χ0) is 13.4. The highest BCUT2D eigenvalue weighted by Crippen LogP contribution is 2.41. The van der Waals surface area contributed by atoms with E-state index in [1.807, 2.05) is 20.8 Å². The van der Waals surface area contributed by atoms with Gasteiger partial charge >= 0.3 is 5.80 Å². The van der Waals surface area contributed by atoms with Crippen molar-refractivity contribution in [3.05, 3.63) is 0 Å². The third-order valence-electron chi connectivity index (χ3n) is 3.63. The van der Waals surface area contributed by atoms with Crippen LogP contribution in [0, 0.1) is 0 Å². The van der Waals surface area contributed by atoms with Crippen LogP contribution in [0.5, 0.6) is 0 Å². The van der Waals surface area contributed by atoms with Gasteiger partial charge in [0.05, 0.1) is 0 Å². The topological polar surface area (TPSA) is 0 Å². The second-order valence-corrected chi connectivity index (χ2v) is 9.72. The van der Waals surface area contributed by atoms with Gasteiger partial charge in [0.2, 0.25) is 0 Å². The highest BCUT2D eigenvalue weighted by atomic mass is 28.3. The highest BCUT2D eigenvalue weighted by Gasteiger charge is 2.54. The fraction of sp³-hybridized carbons (Fsp3) is 1.00. The van der Waals surface area contributed by atoms with E-state index in [0.717, 1.165) is 38.5 Å². The molecule has 4 heteroatoms. The molecule has 0 aromatic carbocycles. The van der Waals surface area contributed by atoms with E-state index in [-0.39, 0.29) is 0 Å². The molecule has 17 heavy (non-hydrogen) atoms. The molecule has 0 aliphatic carbocycles. The molecule has 0 N–H and O–H groups in total. The SMILES string of the molecule is CCCC[Si](CCCC)(CCCC)C(F)(F)F. The molecule has 0 unspecified atom stereocenters. The summed E-state index contributed by atoms with van der Waals surface area (Å²) in [6.07, 6.45) is 4.88. The first-order valence-corrected chi connectivity index (χ1v) is 9.62. The van der Waals surface area contributed by atoms with Crippen LogP contribution in [0.25, 0.3) is 0 Å². The third-order valence-corrected chi connectivity index (χ3v) is 8.76. The van der Waals surface area contributed by atoms with Crippen LogP contribution in [-0.4, -0.2) is 13.9 Å². The van der Waals surface area contributed by atoms with Crippen molar-refractivity contribution < 1.29 is 13.2 Å². The molecule has 0 rings (SSSR count). The molecule has 0 nitrogen and oxygen atoms in total. The zero-order valence-corrected chi connectivity index (χ0v) is 12.5. The van der Waals surface area contributed by atoms with E-state index in [4.69, 9.17) is 0 Å². The van der Waals surface area contributed by atoms with E-state index in [1.165, 1.54) is 0 Å². The lowest BCUT2D eigenvalue weighted by Gasteiger charge is -2.33. The van der Waals surface area contributed by atoms with Gasteiger partial charge in [0.25, 0.3) is 0 Å². The molecule has 0 fully saturated rings. The van der Waals surface area contributed by atoms with Gasteiger partial charge in [0.1, 0.15) is 0 Å². The Bertz CT molecular complexity index is 168. The van der Waals surface area contributed by atoms with E-state index < -0.39 is 13.9 Å². The standard InChI is InChI=1S/C13H27F3Si/c1-4-7-10-17(11-8-5-2,12-9-6-3)13(14,15)16/h4-12H2,1-3H3. The summed E-state index contributed by atoms with van der Waals surface area (Å²) in [5.74, 6) is -3.90. The minimum Gasteiger partial charge on any atom is -0.177 e. The molecule has 0 amide bonds. The molecule has 0 atom stereocenters. The average Bonchev–Trinajstić information content (AvgIpc) is 2.27. The Balaban J connectivity index is 4.78. The van der Waals surface area contributed by atoms with Crippen molar-refractivity contribution in [1.82, 2.24) is 0 Å². The van der Waals surface area contributed by atoms with Crippen LogP contribution < -0.4 is 0 Å². The maximum atomic E-state index is 13.4. The first kappa shape index (κ1) is 17.0. The van der Waals surface area contributed by atoms with Gasteiger partial charge in [-0.05, 0) is 18.1 Å². The lowest BCUT2D eigenvalue weighted by atomic mass is 10.4. The second kappa shape index (κ2) is 8.17. The third kappa shape index (κ3) is 5.45. The maximum Gasteiger partial charge on any atom is 0.361 e. The first-order valence-electron chi connectivity index (χ1n) is 7.00. The predicted octanol–water partition coefficient (Wildman–Crippen LogP) is 5.94. The quantitative estimate of drug-likeness (QED) is 0.454. The Morgan fingerprint density at radius 1 is 0.706 bits per heavy atom. The summed E-state index contributed by atoms with van der Waals surface area (Å²) >= 11 is 0. The van der Waals surface area contributed by atoms with Gasteiger partial charge in [0.15, 0.2) is 8.07 Å². The molecule has 0 aliphatic heterocycles. The summed E-state index contributed by atoms with van der Waals surface area (Å²) in [5.41, 5.74) is 0. The van der Waals surface area contributed by atoms with E-state index >= 15 is 0 Å². The van der Waals surface area contributed by atoms with E-state index in [0.29, 0.717) is 18.1 Å². The molecular weight excluding hydrogens is 241 g/mol. The van der Waals surface area contributed by atoms with Crippen LogP contribution in [0.15, 0.2) is 0 Å². The summed E-state index contributed by atoms with van der Waals surface area (Å²) in [7, 11) is -3.06. The molecular formula is C13H27F3Si. The Hall–Kier alpha value is 0.00688. The maximum absolute atomic E-state index is 13.4. The van der Waals surface area contributed by atoms with Gasteiger partial charge in [-0.3, -0.25) is 0 Å². The Kier molecular flexibility index (Phi) is 8.17. The Morgan fingerprint density at radius 3 is 1.18 bits per heavy atom. The normalized spacial score (nSPS) is 13.1. The summed E-state index contributed by atoms with van der Waals surface area (Å²) in [5, 5.41) is 0. The van der Waals surface area contributed by atoms with E-state index in [1.54, 1.807) is 0 Å². The minimum atomic E-state index is -3.90. The van der Waals surface area contributed by atoms with Crippen molar-refractivity contribution in [1.29, 1.82) is 0 Å². The van der Waals surface area contributed by atoms with Gasteiger partial charge in [-0.1, -0.05) is 59.3 Å². The summed E-state index contributed by atoms with van der Waals surface area (Å²) in [6.45, 7) is 5.94. The number of halogens is 3. The van der Waals surface area contributed by atoms with E-state index in [2.05, 4.69) is 0 Å². The number of unbranched alkanes of at least 4 members (excludes halogenated alkanes) is 3. The molecule has 0 aliphatic rings. The van der Waals surface area contributed by atoms with Crippen LogP contribution in [-0.2, 0) is 0 Å². The summed E-state index contributed by atoms with van der Waals surface area (Å²) in [4.78, 5) is 0. The number of hydrogen-bond acceptors (Lipinski definition) is 0. The minimum absolute atomic E-state index is 0.451. The number of alkyl halides is 3. The van der Waals surface area contributed by atoms with Crippen LogP contribution in [0.1, 0.15) is 59.3 Å². The molecule has 0 aromatic heterocycles. The summed E-state index contributed by atoms with van der Waals surface area (Å²) in [6, 6.07) is 1.35. The predicted molar refractivity (Wildman–Crippen MR) is 71.0 cm³/mol. The molecule has 0 saturated carbocycles. The van der Waals surface area contributed by atoms with Crippen molar-refractivity contribution in [3.8, 4) is 0 Å². The second-order valence-electron chi connectivity index (χ2n) is 5.09. The monoisotopic (exact) mass is 268 g/mol. The molecule has 0 aromatic rings. The fourth-order valence-electron chi connectivity index (χ4n) is 2.35. The van der Waals surface area contributed by atoms with Gasteiger partial charge in [-0.15, -0.1) is 0 Å². The molecule has 0 radical (unpaired) electrons. The van der Waals surface area contributed by atoms with Crippen molar-refractivity contribution in [2.45, 2.75) is 83.2 Å². The summed E-state index contributed by atoms with van der Waals surface area (Å²) < 4.78 is 40.2. The van der Waals surface area contributed by atoms with Gasteiger partial charge in [-0.25, -0.2) is 0 Å². The molecule has 0 saturated heterocycles. The zero-order valence-electron chi connectivity index (χ0n) is 11.5. The Morgan fingerprint density at radius 2 is 1.00 bits per heavy atom. The molecule has 0 heterocycles. The molecule has 104 valence electrons. The number of hydrogen-bond donors (Lipinski definition) is 0. The van der Waals surface area contributed by atoms with Gasteiger partial charge in [0, 0.05) is 0 Å². The fourth-order valence-corrected chi connectivity index (χ4v) is 7.04. The van der Waals surface area contributed by atoms with Crippen LogP contribution in [0.2, 0.25) is 18.1 Å². The molecule has 0 bridgehead atoms. The van der Waals surface area contributed by atoms with E-state index in [9.17, 15) is 13.2 Å². The number of rotatable bonds is 9. The van der Waals surface area contributed by atoms with Crippen molar-refractivity contribution in [3.63, 3.8) is 0 Å². The molecule has 0 spiro atoms. The largest absolute Gasteiger partial charge is 0.361 e. The van der Waals surface area contributed by atoms with Gasteiger partial charge in [-0.2, -0.15) is 13.2 Å². The smallest absolute Gasteiger partial charge is 0.177 e. The lowest BCUT2D eigenvalue weighted by molar-refractivity contribution is -0.0584. The Labute approximate surface area is 105 Å². The van der Waals surface area contributed by atoms with Crippen molar-refractivity contribution >= 4 is 8.07 Å². The van der Waals surface area contributed by atoms with Crippen molar-refractivity contribution in [2.75, 3.05) is 0 Å². The first-order chi connectivity index (χ1) is 7.93. The highest BCUT2D eigenvalue weighted by molar-refractivity contribution is 6.81. The van der Waals surface area contributed by atoms with Crippen molar-refractivity contribution in [2.24, 2.45) is 0 Å². The van der Waals surface area contributed by atoms with Crippen LogP contribution in [0.3, 0.4) is 0 Å². The van der Waals surface area contributed by atoms with Gasteiger partial charge < -0.3 is 0 Å². The van der Waals surface area contributed by atoms with Crippen LogP contribution >= 0.6 is 0 Å². The average molecular weight is 268 g/mol.